The lowest BCUT2D eigenvalue weighted by atomic mass is 10.0. The Balaban J connectivity index is 1.69. The summed E-state index contributed by atoms with van der Waals surface area (Å²) in [6, 6.07) is 22.3. The van der Waals surface area contributed by atoms with Crippen LogP contribution >= 0.6 is 0 Å². The Morgan fingerprint density at radius 1 is 1.00 bits per heavy atom. The van der Waals surface area contributed by atoms with E-state index in [0.29, 0.717) is 6.54 Å². The number of carboxylic acid groups (broad SMARTS) is 1. The maximum Gasteiger partial charge on any atom is 0.357 e. The lowest BCUT2D eigenvalue weighted by Crippen LogP contribution is -2.21. The molecule has 3 aromatic rings. The van der Waals surface area contributed by atoms with E-state index in [1.165, 1.54) is 12.1 Å². The first-order chi connectivity index (χ1) is 13.9. The van der Waals surface area contributed by atoms with Gasteiger partial charge in [-0.05, 0) is 59.2 Å². The van der Waals surface area contributed by atoms with Gasteiger partial charge >= 0.3 is 5.97 Å². The van der Waals surface area contributed by atoms with Crippen molar-refractivity contribution in [3.05, 3.63) is 78.4 Å². The number of methoxy groups -OCH3 is 1. The van der Waals surface area contributed by atoms with Crippen LogP contribution in [-0.2, 0) is 25.8 Å². The molecule has 29 heavy (non-hydrogen) atoms. The van der Waals surface area contributed by atoms with Gasteiger partial charge in [0, 0.05) is 12.2 Å². The van der Waals surface area contributed by atoms with Crippen molar-refractivity contribution < 1.29 is 23.4 Å². The molecule has 0 heterocycles. The average molecular weight is 412 g/mol. The van der Waals surface area contributed by atoms with E-state index in [0.717, 1.165) is 28.1 Å². The summed E-state index contributed by atoms with van der Waals surface area (Å²) in [7, 11) is -1.93. The van der Waals surface area contributed by atoms with Crippen molar-refractivity contribution in [1.82, 2.24) is 0 Å². The van der Waals surface area contributed by atoms with E-state index >= 15 is 0 Å². The molecule has 0 fully saturated rings. The zero-order valence-corrected chi connectivity index (χ0v) is 16.7. The van der Waals surface area contributed by atoms with Gasteiger partial charge in [-0.2, -0.15) is 4.55 Å². The average Bonchev–Trinajstić information content (AvgIpc) is 2.72. The van der Waals surface area contributed by atoms with Gasteiger partial charge in [0.1, 0.15) is 5.75 Å². The third-order valence-electron chi connectivity index (χ3n) is 4.37. The first-order valence-electron chi connectivity index (χ1n) is 8.91. The van der Waals surface area contributed by atoms with Gasteiger partial charge in [-0.25, -0.2) is 4.79 Å². The fourth-order valence-corrected chi connectivity index (χ4v) is 3.97. The molecular weight excluding hydrogens is 390 g/mol. The van der Waals surface area contributed by atoms with Crippen molar-refractivity contribution in [3.8, 4) is 16.9 Å². The molecule has 150 valence electrons. The van der Waals surface area contributed by atoms with Gasteiger partial charge in [-0.3, -0.25) is 0 Å². The van der Waals surface area contributed by atoms with Crippen LogP contribution in [0.2, 0.25) is 0 Å². The number of anilines is 1. The quantitative estimate of drug-likeness (QED) is 0.475. The van der Waals surface area contributed by atoms with Gasteiger partial charge in [-0.15, -0.1) is 0 Å². The predicted octanol–water partition coefficient (Wildman–Crippen LogP) is 4.39. The van der Waals surface area contributed by atoms with Crippen LogP contribution in [0.3, 0.4) is 0 Å². The van der Waals surface area contributed by atoms with Crippen molar-refractivity contribution in [2.45, 2.75) is 11.4 Å². The van der Waals surface area contributed by atoms with Crippen LogP contribution in [0.4, 0.5) is 5.69 Å². The minimum Gasteiger partial charge on any atom is -0.497 e. The first kappa shape index (κ1) is 20.6. The van der Waals surface area contributed by atoms with Gasteiger partial charge in [-0.1, -0.05) is 34.5 Å². The summed E-state index contributed by atoms with van der Waals surface area (Å²) in [5.41, 5.74) is 3.98. The number of hydrogen-bond donors (Lipinski definition) is 3. The van der Waals surface area contributed by atoms with Crippen molar-refractivity contribution in [3.63, 3.8) is 0 Å². The largest absolute Gasteiger partial charge is 0.497 e. The number of ether oxygens (including phenoxy) is 1. The zero-order valence-electron chi connectivity index (χ0n) is 15.9. The highest BCUT2D eigenvalue weighted by Crippen LogP contribution is 2.25. The third-order valence-corrected chi connectivity index (χ3v) is 6.02. The Bertz CT molecular complexity index is 1050. The van der Waals surface area contributed by atoms with Crippen molar-refractivity contribution in [1.29, 1.82) is 0 Å². The fourth-order valence-electron chi connectivity index (χ4n) is 2.90. The summed E-state index contributed by atoms with van der Waals surface area (Å²) in [6.45, 7) is 0.570. The van der Waals surface area contributed by atoms with E-state index in [1.807, 2.05) is 42.5 Å². The summed E-state index contributed by atoms with van der Waals surface area (Å²) < 4.78 is 27.2. The van der Waals surface area contributed by atoms with E-state index < -0.39 is 21.9 Å². The zero-order chi connectivity index (χ0) is 20.9. The molecule has 0 aliphatic carbocycles. The second-order valence-corrected chi connectivity index (χ2v) is 8.53. The summed E-state index contributed by atoms with van der Waals surface area (Å²) in [5, 5.41) is 12.0. The topological polar surface area (TPSA) is 95.9 Å². The second-order valence-electron chi connectivity index (χ2n) is 6.49. The van der Waals surface area contributed by atoms with Gasteiger partial charge < -0.3 is 15.2 Å². The Morgan fingerprint density at radius 2 is 1.66 bits per heavy atom. The standard InChI is InChI=1S/C22H21NO5S/c1-28-20-7-3-6-18(13-20)17-5-2-4-16(12-17)14-23-19-8-10-21(11-9-19)29(26,27)15-22(24)25/h2-13H,14-15H2,1H3,(H2-,23,24,25,26,27)/p+1. The minimum absolute atomic E-state index is 0.102. The fraction of sp³-hybridized carbons (Fsp3) is 0.136. The monoisotopic (exact) mass is 412 g/mol. The number of carboxylic acids is 1. The molecule has 0 radical (unpaired) electrons. The van der Waals surface area contributed by atoms with Crippen LogP contribution in [0.5, 0.6) is 5.75 Å². The highest BCUT2D eigenvalue weighted by Gasteiger charge is 2.32. The lowest BCUT2D eigenvalue weighted by molar-refractivity contribution is -0.134. The van der Waals surface area contributed by atoms with Crippen LogP contribution in [0, 0.1) is 0 Å². The Hall–Kier alpha value is -3.16. The number of carbonyl (C=O) groups is 1. The van der Waals surface area contributed by atoms with E-state index in [-0.39, 0.29) is 4.90 Å². The lowest BCUT2D eigenvalue weighted by Gasteiger charge is -2.10. The van der Waals surface area contributed by atoms with Crippen molar-refractivity contribution in [2.75, 3.05) is 18.2 Å². The second kappa shape index (κ2) is 8.89. The molecule has 0 bridgehead atoms. The maximum absolute atomic E-state index is 12.1. The number of rotatable bonds is 8. The predicted molar refractivity (Wildman–Crippen MR) is 114 cm³/mol. The van der Waals surface area contributed by atoms with Gasteiger partial charge in [0.25, 0.3) is 10.2 Å². The molecule has 1 atom stereocenters. The van der Waals surface area contributed by atoms with E-state index in [2.05, 4.69) is 11.4 Å². The Morgan fingerprint density at radius 3 is 2.31 bits per heavy atom. The molecule has 3 rings (SSSR count). The van der Waals surface area contributed by atoms with Gasteiger partial charge in [0.05, 0.1) is 7.11 Å². The molecule has 0 spiro atoms. The van der Waals surface area contributed by atoms with Crippen molar-refractivity contribution in [2.24, 2.45) is 0 Å². The molecule has 1 unspecified atom stereocenters. The van der Waals surface area contributed by atoms with Gasteiger partial charge in [0.2, 0.25) is 5.75 Å². The molecule has 6 nitrogen and oxygen atoms in total. The molecule has 0 amide bonds. The van der Waals surface area contributed by atoms with Crippen LogP contribution < -0.4 is 10.1 Å². The van der Waals surface area contributed by atoms with E-state index in [9.17, 15) is 13.6 Å². The summed E-state index contributed by atoms with van der Waals surface area (Å²) in [6.07, 6.45) is 0. The minimum atomic E-state index is -3.57. The molecule has 0 saturated heterocycles. The Kier molecular flexibility index (Phi) is 6.31. The highest BCUT2D eigenvalue weighted by atomic mass is 32.3. The molecule has 0 aromatic heterocycles. The van der Waals surface area contributed by atoms with Crippen LogP contribution in [0.1, 0.15) is 5.56 Å². The Labute approximate surface area is 170 Å². The molecule has 7 heteroatoms. The van der Waals surface area contributed by atoms with Crippen LogP contribution in [0.15, 0.2) is 77.7 Å². The number of hydrogen-bond acceptors (Lipinski definition) is 4. The number of aliphatic carboxylic acids is 1. The number of nitrogens with one attached hydrogen (secondary N) is 1. The smallest absolute Gasteiger partial charge is 0.357 e. The molecular formula is C22H22NO5S+. The first-order valence-corrected chi connectivity index (χ1v) is 10.6. The van der Waals surface area contributed by atoms with E-state index in [4.69, 9.17) is 9.84 Å². The van der Waals surface area contributed by atoms with Gasteiger partial charge in [0.15, 0.2) is 4.90 Å². The highest BCUT2D eigenvalue weighted by molar-refractivity contribution is 7.98. The SMILES string of the molecule is COc1cccc(-c2cccc(CNc3ccc([S+](=O)(O)CC(=O)O)cc3)c2)c1. The molecule has 3 aromatic carbocycles. The van der Waals surface area contributed by atoms with E-state index in [1.54, 1.807) is 19.2 Å². The normalized spacial score (nSPS) is 12.8. The van der Waals surface area contributed by atoms with Crippen LogP contribution in [-0.4, -0.2) is 28.5 Å². The summed E-state index contributed by atoms with van der Waals surface area (Å²) in [4.78, 5) is 10.8. The summed E-state index contributed by atoms with van der Waals surface area (Å²) in [5.74, 6) is -1.32. The molecule has 0 aliphatic rings. The summed E-state index contributed by atoms with van der Waals surface area (Å²) >= 11 is 0. The van der Waals surface area contributed by atoms with Crippen molar-refractivity contribution >= 4 is 21.9 Å². The van der Waals surface area contributed by atoms with Crippen LogP contribution in [0.25, 0.3) is 11.1 Å². The molecule has 3 N–H and O–H groups in total. The third kappa shape index (κ3) is 5.43. The molecule has 0 saturated carbocycles. The maximum atomic E-state index is 12.1. The number of benzene rings is 3. The molecule has 0 aliphatic heterocycles.